The van der Waals surface area contributed by atoms with Gasteiger partial charge in [0.2, 0.25) is 0 Å². The van der Waals surface area contributed by atoms with Crippen molar-refractivity contribution >= 4 is 23.4 Å². The molecule has 64 valence electrons. The predicted molar refractivity (Wildman–Crippen MR) is 48.8 cm³/mol. The Morgan fingerprint density at radius 1 is 1.42 bits per heavy atom. The van der Waals surface area contributed by atoms with Crippen LogP contribution < -0.4 is 10.2 Å². The maximum atomic E-state index is 11.0. The lowest BCUT2D eigenvalue weighted by molar-refractivity contribution is -0.116. The summed E-state index contributed by atoms with van der Waals surface area (Å²) in [7, 11) is 0. The SMILES string of the molecule is NCC(=O)N(Cl)c1ccccc1. The number of amides is 1. The highest BCUT2D eigenvalue weighted by molar-refractivity contribution is 6.36. The van der Waals surface area contributed by atoms with Gasteiger partial charge in [-0.2, -0.15) is 0 Å². The number of nitrogens with two attached hydrogens (primary N) is 1. The van der Waals surface area contributed by atoms with Gasteiger partial charge in [0.15, 0.2) is 0 Å². The van der Waals surface area contributed by atoms with Crippen LogP contribution in [0.2, 0.25) is 0 Å². The second kappa shape index (κ2) is 4.09. The zero-order valence-corrected chi connectivity index (χ0v) is 7.16. The molecule has 0 heterocycles. The number of halogens is 1. The Bertz CT molecular complexity index is 263. The van der Waals surface area contributed by atoms with E-state index in [9.17, 15) is 4.79 Å². The molecular formula is C8H9ClN2O. The summed E-state index contributed by atoms with van der Waals surface area (Å²) >= 11 is 5.66. The van der Waals surface area contributed by atoms with E-state index in [4.69, 9.17) is 17.5 Å². The van der Waals surface area contributed by atoms with Crippen molar-refractivity contribution in [2.75, 3.05) is 11.0 Å². The fraction of sp³-hybridized carbons (Fsp3) is 0.125. The van der Waals surface area contributed by atoms with Gasteiger partial charge in [-0.15, -0.1) is 0 Å². The molecule has 0 radical (unpaired) electrons. The van der Waals surface area contributed by atoms with Crippen LogP contribution in [0, 0.1) is 0 Å². The Morgan fingerprint density at radius 3 is 2.50 bits per heavy atom. The molecule has 0 saturated heterocycles. The Morgan fingerprint density at radius 2 is 2.00 bits per heavy atom. The first-order valence-electron chi connectivity index (χ1n) is 3.49. The van der Waals surface area contributed by atoms with Crippen LogP contribution in [-0.4, -0.2) is 12.5 Å². The van der Waals surface area contributed by atoms with Crippen molar-refractivity contribution in [3.63, 3.8) is 0 Å². The van der Waals surface area contributed by atoms with Crippen molar-refractivity contribution in [2.45, 2.75) is 0 Å². The van der Waals surface area contributed by atoms with Gasteiger partial charge in [-0.25, -0.2) is 4.42 Å². The molecule has 1 aromatic carbocycles. The number of rotatable bonds is 2. The van der Waals surface area contributed by atoms with E-state index in [0.29, 0.717) is 5.69 Å². The van der Waals surface area contributed by atoms with Crippen LogP contribution in [-0.2, 0) is 4.79 Å². The molecule has 1 rings (SSSR count). The largest absolute Gasteiger partial charge is 0.322 e. The van der Waals surface area contributed by atoms with E-state index in [2.05, 4.69) is 0 Å². The van der Waals surface area contributed by atoms with Crippen LogP contribution in [0.5, 0.6) is 0 Å². The fourth-order valence-corrected chi connectivity index (χ4v) is 0.965. The second-order valence-electron chi connectivity index (χ2n) is 2.21. The average molecular weight is 185 g/mol. The van der Waals surface area contributed by atoms with Gasteiger partial charge in [-0.3, -0.25) is 4.79 Å². The first-order chi connectivity index (χ1) is 5.75. The van der Waals surface area contributed by atoms with Gasteiger partial charge in [0.25, 0.3) is 5.91 Å². The molecule has 0 spiro atoms. The van der Waals surface area contributed by atoms with Crippen LogP contribution >= 0.6 is 11.8 Å². The molecule has 4 heteroatoms. The lowest BCUT2D eigenvalue weighted by Crippen LogP contribution is -2.28. The number of carbonyl (C=O) groups excluding carboxylic acids is 1. The van der Waals surface area contributed by atoms with Crippen molar-refractivity contribution in [1.82, 2.24) is 0 Å². The fourth-order valence-electron chi connectivity index (χ4n) is 0.783. The van der Waals surface area contributed by atoms with Crippen molar-refractivity contribution < 1.29 is 4.79 Å². The molecule has 0 bridgehead atoms. The number of hydrogen-bond donors (Lipinski definition) is 1. The van der Waals surface area contributed by atoms with Crippen molar-refractivity contribution in [2.24, 2.45) is 5.73 Å². The molecule has 0 fully saturated rings. The molecule has 12 heavy (non-hydrogen) atoms. The summed E-state index contributed by atoms with van der Waals surface area (Å²) in [5.74, 6) is -0.317. The van der Waals surface area contributed by atoms with Gasteiger partial charge in [-0.05, 0) is 12.1 Å². The molecule has 0 aliphatic carbocycles. The van der Waals surface area contributed by atoms with Crippen molar-refractivity contribution in [3.8, 4) is 0 Å². The topological polar surface area (TPSA) is 46.3 Å². The van der Waals surface area contributed by atoms with Gasteiger partial charge in [0.1, 0.15) is 0 Å². The summed E-state index contributed by atoms with van der Waals surface area (Å²) in [6, 6.07) is 8.92. The summed E-state index contributed by atoms with van der Waals surface area (Å²) in [5.41, 5.74) is 5.77. The van der Waals surface area contributed by atoms with E-state index >= 15 is 0 Å². The summed E-state index contributed by atoms with van der Waals surface area (Å²) in [4.78, 5) is 11.0. The minimum Gasteiger partial charge on any atom is -0.322 e. The maximum Gasteiger partial charge on any atom is 0.255 e. The van der Waals surface area contributed by atoms with Crippen molar-refractivity contribution in [1.29, 1.82) is 0 Å². The van der Waals surface area contributed by atoms with Gasteiger partial charge in [0, 0.05) is 11.8 Å². The van der Waals surface area contributed by atoms with Crippen LogP contribution in [0.25, 0.3) is 0 Å². The Kier molecular flexibility index (Phi) is 3.08. The molecule has 2 N–H and O–H groups in total. The van der Waals surface area contributed by atoms with Gasteiger partial charge < -0.3 is 5.73 Å². The molecule has 1 aromatic rings. The van der Waals surface area contributed by atoms with Crippen LogP contribution in [0.1, 0.15) is 0 Å². The lowest BCUT2D eigenvalue weighted by Gasteiger charge is -2.11. The molecule has 0 unspecified atom stereocenters. The Hall–Kier alpha value is -1.06. The average Bonchev–Trinajstić information content (AvgIpc) is 2.17. The molecular weight excluding hydrogens is 176 g/mol. The first kappa shape index (κ1) is 9.03. The Labute approximate surface area is 75.8 Å². The summed E-state index contributed by atoms with van der Waals surface area (Å²) in [6.07, 6.45) is 0. The number of anilines is 1. The quantitative estimate of drug-likeness (QED) is 0.701. The monoisotopic (exact) mass is 184 g/mol. The molecule has 3 nitrogen and oxygen atoms in total. The molecule has 0 aliphatic heterocycles. The van der Waals surface area contributed by atoms with Crippen LogP contribution in [0.4, 0.5) is 5.69 Å². The third kappa shape index (κ3) is 1.96. The molecule has 0 saturated carbocycles. The second-order valence-corrected chi connectivity index (χ2v) is 2.55. The summed E-state index contributed by atoms with van der Waals surface area (Å²) in [6.45, 7) is -0.0849. The highest BCUT2D eigenvalue weighted by Crippen LogP contribution is 2.14. The highest BCUT2D eigenvalue weighted by Gasteiger charge is 2.09. The third-order valence-electron chi connectivity index (χ3n) is 1.38. The minimum atomic E-state index is -0.317. The standard InChI is InChI=1S/C8H9ClN2O/c9-11(8(12)6-10)7-4-2-1-3-5-7/h1-5H,6,10H2. The van der Waals surface area contributed by atoms with E-state index < -0.39 is 0 Å². The zero-order valence-electron chi connectivity index (χ0n) is 6.40. The van der Waals surface area contributed by atoms with E-state index in [1.165, 1.54) is 0 Å². The molecule has 0 atom stereocenters. The van der Waals surface area contributed by atoms with Crippen molar-refractivity contribution in [3.05, 3.63) is 30.3 Å². The van der Waals surface area contributed by atoms with Crippen LogP contribution in [0.15, 0.2) is 30.3 Å². The molecule has 0 aromatic heterocycles. The number of para-hydroxylation sites is 1. The number of hydrogen-bond acceptors (Lipinski definition) is 2. The van der Waals surface area contributed by atoms with E-state index in [-0.39, 0.29) is 12.5 Å². The summed E-state index contributed by atoms with van der Waals surface area (Å²) in [5, 5.41) is 0. The minimum absolute atomic E-state index is 0.0849. The predicted octanol–water partition coefficient (Wildman–Crippen LogP) is 1.13. The van der Waals surface area contributed by atoms with Gasteiger partial charge in [-0.1, -0.05) is 18.2 Å². The number of carbonyl (C=O) groups is 1. The van der Waals surface area contributed by atoms with Gasteiger partial charge in [0.05, 0.1) is 12.2 Å². The Balaban J connectivity index is 2.78. The normalized spacial score (nSPS) is 9.50. The lowest BCUT2D eigenvalue weighted by atomic mass is 10.3. The summed E-state index contributed by atoms with van der Waals surface area (Å²) < 4.78 is 1.01. The third-order valence-corrected chi connectivity index (χ3v) is 1.76. The smallest absolute Gasteiger partial charge is 0.255 e. The van der Waals surface area contributed by atoms with Gasteiger partial charge >= 0.3 is 0 Å². The van der Waals surface area contributed by atoms with E-state index in [1.54, 1.807) is 24.3 Å². The maximum absolute atomic E-state index is 11.0. The van der Waals surface area contributed by atoms with E-state index in [1.807, 2.05) is 6.07 Å². The zero-order chi connectivity index (χ0) is 8.97. The van der Waals surface area contributed by atoms with E-state index in [0.717, 1.165) is 4.42 Å². The highest BCUT2D eigenvalue weighted by atomic mass is 35.5. The number of nitrogens with zero attached hydrogens (tertiary/aromatic N) is 1. The first-order valence-corrected chi connectivity index (χ1v) is 3.83. The molecule has 0 aliphatic rings. The molecule has 1 amide bonds. The number of benzene rings is 1. The van der Waals surface area contributed by atoms with Crippen LogP contribution in [0.3, 0.4) is 0 Å².